The zero-order chi connectivity index (χ0) is 17.5. The van der Waals surface area contributed by atoms with Crippen LogP contribution in [0.4, 0.5) is 5.69 Å². The normalized spacial score (nSPS) is 21.1. The molecule has 0 saturated carbocycles. The Morgan fingerprint density at radius 1 is 1.04 bits per heavy atom. The predicted molar refractivity (Wildman–Crippen MR) is 109 cm³/mol. The van der Waals surface area contributed by atoms with E-state index in [4.69, 9.17) is 4.74 Å². The minimum absolute atomic E-state index is 0.457. The van der Waals surface area contributed by atoms with Gasteiger partial charge in [0.2, 0.25) is 0 Å². The highest BCUT2D eigenvalue weighted by Crippen LogP contribution is 2.40. The molecule has 1 atom stereocenters. The van der Waals surface area contributed by atoms with Gasteiger partial charge in [-0.05, 0) is 52.7 Å². The smallest absolute Gasteiger partial charge is 0.0642 e. The lowest BCUT2D eigenvalue weighted by Gasteiger charge is -2.35. The molecule has 0 radical (unpaired) electrons. The Balaban J connectivity index is 1.55. The number of likely N-dealkylation sites (N-methyl/N-ethyl adjacent to an activating group) is 1. The van der Waals surface area contributed by atoms with Crippen molar-refractivity contribution in [1.82, 2.24) is 4.90 Å². The molecule has 4 heteroatoms. The first-order valence-electron chi connectivity index (χ1n) is 9.40. The fourth-order valence-corrected chi connectivity index (χ4v) is 5.40. The molecule has 1 unspecified atom stereocenters. The van der Waals surface area contributed by atoms with Crippen molar-refractivity contribution in [2.45, 2.75) is 12.5 Å². The summed E-state index contributed by atoms with van der Waals surface area (Å²) in [6.07, 6.45) is 0. The number of hydrogen-bond acceptors (Lipinski definition) is 4. The van der Waals surface area contributed by atoms with Crippen LogP contribution in [-0.4, -0.2) is 44.8 Å². The quantitative estimate of drug-likeness (QED) is 0.674. The molecule has 134 valence electrons. The number of morpholine rings is 1. The fraction of sp³-hybridized carbons (Fsp3) is 0.364. The Labute approximate surface area is 158 Å². The summed E-state index contributed by atoms with van der Waals surface area (Å²) >= 11 is 1.87. The summed E-state index contributed by atoms with van der Waals surface area (Å²) in [6.45, 7) is 5.78. The topological polar surface area (TPSA) is 15.7 Å². The first-order chi connectivity index (χ1) is 12.8. The van der Waals surface area contributed by atoms with E-state index in [2.05, 4.69) is 64.7 Å². The minimum Gasteiger partial charge on any atom is -0.378 e. The highest BCUT2D eigenvalue weighted by atomic mass is 32.1. The highest BCUT2D eigenvalue weighted by molar-refractivity contribution is 7.17. The number of rotatable bonds is 2. The Bertz CT molecular complexity index is 929. The van der Waals surface area contributed by atoms with Gasteiger partial charge in [0.1, 0.15) is 0 Å². The third-order valence-corrected chi connectivity index (χ3v) is 6.68. The largest absolute Gasteiger partial charge is 0.378 e. The van der Waals surface area contributed by atoms with E-state index in [9.17, 15) is 0 Å². The SMILES string of the molecule is CN1Cc2cc(N3CCOCC3)ccc2C(c2csc3ccccc23)C1. The third-order valence-electron chi connectivity index (χ3n) is 5.70. The van der Waals surface area contributed by atoms with E-state index in [1.807, 2.05) is 11.3 Å². The molecule has 26 heavy (non-hydrogen) atoms. The standard InChI is InChI=1S/C22H24N2OS/c1-23-13-16-12-17(24-8-10-25-11-9-24)6-7-18(16)20(14-23)21-15-26-22-5-3-2-4-19(21)22/h2-7,12,15,20H,8-11,13-14H2,1H3. The van der Waals surface area contributed by atoms with Gasteiger partial charge in [-0.3, -0.25) is 0 Å². The minimum atomic E-state index is 0.457. The monoisotopic (exact) mass is 364 g/mol. The van der Waals surface area contributed by atoms with Crippen molar-refractivity contribution < 1.29 is 4.74 Å². The molecular formula is C22H24N2OS. The van der Waals surface area contributed by atoms with Crippen LogP contribution in [0.25, 0.3) is 10.1 Å². The van der Waals surface area contributed by atoms with Gasteiger partial charge in [-0.15, -0.1) is 11.3 Å². The van der Waals surface area contributed by atoms with Crippen LogP contribution in [0.2, 0.25) is 0 Å². The lowest BCUT2D eigenvalue weighted by molar-refractivity contribution is 0.122. The zero-order valence-electron chi connectivity index (χ0n) is 15.1. The van der Waals surface area contributed by atoms with Gasteiger partial charge >= 0.3 is 0 Å². The molecule has 3 aromatic rings. The van der Waals surface area contributed by atoms with E-state index in [0.717, 1.165) is 39.4 Å². The molecule has 0 bridgehead atoms. The van der Waals surface area contributed by atoms with Crippen LogP contribution in [0.3, 0.4) is 0 Å². The molecule has 2 aliphatic heterocycles. The van der Waals surface area contributed by atoms with Crippen LogP contribution in [0.1, 0.15) is 22.6 Å². The molecule has 1 saturated heterocycles. The summed E-state index contributed by atoms with van der Waals surface area (Å²) < 4.78 is 6.90. The van der Waals surface area contributed by atoms with Crippen molar-refractivity contribution in [3.8, 4) is 0 Å². The van der Waals surface area contributed by atoms with Crippen LogP contribution in [-0.2, 0) is 11.3 Å². The van der Waals surface area contributed by atoms with Crippen LogP contribution in [0.15, 0.2) is 47.8 Å². The van der Waals surface area contributed by atoms with Crippen LogP contribution < -0.4 is 4.90 Å². The molecule has 0 spiro atoms. The van der Waals surface area contributed by atoms with Crippen molar-refractivity contribution in [1.29, 1.82) is 0 Å². The summed E-state index contributed by atoms with van der Waals surface area (Å²) in [5.74, 6) is 0.457. The Morgan fingerprint density at radius 3 is 2.77 bits per heavy atom. The number of fused-ring (bicyclic) bond motifs is 2. The maximum Gasteiger partial charge on any atom is 0.0642 e. The molecule has 3 nitrogen and oxygen atoms in total. The van der Waals surface area contributed by atoms with Crippen molar-refractivity contribution in [2.24, 2.45) is 0 Å². The predicted octanol–water partition coefficient (Wildman–Crippen LogP) is 4.32. The lowest BCUT2D eigenvalue weighted by atomic mass is 9.84. The van der Waals surface area contributed by atoms with Gasteiger partial charge < -0.3 is 14.5 Å². The first kappa shape index (κ1) is 16.3. The second-order valence-corrected chi connectivity index (χ2v) is 8.33. The van der Waals surface area contributed by atoms with Gasteiger partial charge in [0.15, 0.2) is 0 Å². The molecule has 3 heterocycles. The zero-order valence-corrected chi connectivity index (χ0v) is 16.0. The second-order valence-electron chi connectivity index (χ2n) is 7.42. The van der Waals surface area contributed by atoms with Gasteiger partial charge in [-0.25, -0.2) is 0 Å². The van der Waals surface area contributed by atoms with Crippen molar-refractivity contribution in [2.75, 3.05) is 44.8 Å². The molecule has 2 aromatic carbocycles. The van der Waals surface area contributed by atoms with Gasteiger partial charge in [-0.1, -0.05) is 24.3 Å². The maximum absolute atomic E-state index is 5.51. The van der Waals surface area contributed by atoms with E-state index >= 15 is 0 Å². The van der Waals surface area contributed by atoms with Crippen LogP contribution in [0, 0.1) is 0 Å². The third kappa shape index (κ3) is 2.82. The number of ether oxygens (including phenoxy) is 1. The number of anilines is 1. The van der Waals surface area contributed by atoms with Gasteiger partial charge in [-0.2, -0.15) is 0 Å². The Kier molecular flexibility index (Phi) is 4.20. The fourth-order valence-electron chi connectivity index (χ4n) is 4.39. The maximum atomic E-state index is 5.51. The van der Waals surface area contributed by atoms with Crippen molar-refractivity contribution >= 4 is 27.1 Å². The van der Waals surface area contributed by atoms with E-state index < -0.39 is 0 Å². The van der Waals surface area contributed by atoms with Crippen molar-refractivity contribution in [3.63, 3.8) is 0 Å². The average Bonchev–Trinajstić information content (AvgIpc) is 3.11. The second kappa shape index (κ2) is 6.69. The summed E-state index contributed by atoms with van der Waals surface area (Å²) in [6, 6.07) is 15.9. The van der Waals surface area contributed by atoms with Crippen LogP contribution in [0.5, 0.6) is 0 Å². The number of thiophene rings is 1. The number of nitrogens with zero attached hydrogens (tertiary/aromatic N) is 2. The van der Waals surface area contributed by atoms with Crippen molar-refractivity contribution in [3.05, 3.63) is 64.5 Å². The summed E-state index contributed by atoms with van der Waals surface area (Å²) in [5, 5.41) is 3.79. The van der Waals surface area contributed by atoms with Gasteiger partial charge in [0.25, 0.3) is 0 Å². The number of hydrogen-bond donors (Lipinski definition) is 0. The lowest BCUT2D eigenvalue weighted by Crippen LogP contribution is -2.36. The van der Waals surface area contributed by atoms with E-state index in [-0.39, 0.29) is 0 Å². The molecule has 0 aliphatic carbocycles. The molecule has 2 aliphatic rings. The highest BCUT2D eigenvalue weighted by Gasteiger charge is 2.27. The molecule has 0 amide bonds. The molecule has 1 aromatic heterocycles. The Morgan fingerprint density at radius 2 is 1.88 bits per heavy atom. The Hall–Kier alpha value is -1.88. The molecule has 0 N–H and O–H groups in total. The average molecular weight is 365 g/mol. The van der Waals surface area contributed by atoms with Gasteiger partial charge in [0.05, 0.1) is 13.2 Å². The summed E-state index contributed by atoms with van der Waals surface area (Å²) in [5.41, 5.74) is 5.81. The summed E-state index contributed by atoms with van der Waals surface area (Å²) in [7, 11) is 2.24. The summed E-state index contributed by atoms with van der Waals surface area (Å²) in [4.78, 5) is 4.91. The molecule has 5 rings (SSSR count). The number of benzene rings is 2. The van der Waals surface area contributed by atoms with Crippen LogP contribution >= 0.6 is 11.3 Å². The van der Waals surface area contributed by atoms with E-state index in [1.165, 1.54) is 32.5 Å². The molecular weight excluding hydrogens is 340 g/mol. The first-order valence-corrected chi connectivity index (χ1v) is 10.3. The van der Waals surface area contributed by atoms with E-state index in [1.54, 1.807) is 0 Å². The van der Waals surface area contributed by atoms with E-state index in [0.29, 0.717) is 5.92 Å². The molecule has 1 fully saturated rings. The van der Waals surface area contributed by atoms with Gasteiger partial charge in [0, 0.05) is 42.5 Å².